The second kappa shape index (κ2) is 2.89. The fraction of sp³-hybridized carbons (Fsp3) is 0.125. The molecule has 0 aliphatic rings. The Morgan fingerprint density at radius 2 is 1.92 bits per heavy atom. The van der Waals surface area contributed by atoms with Crippen LogP contribution in [0.5, 0.6) is 0 Å². The zero-order valence-corrected chi connectivity index (χ0v) is 6.40. The predicted octanol–water partition coefficient (Wildman–Crippen LogP) is 1.37. The fourth-order valence-corrected chi connectivity index (χ4v) is 0.835. The van der Waals surface area contributed by atoms with Crippen molar-refractivity contribution in [3.63, 3.8) is 0 Å². The molecule has 0 aromatic heterocycles. The Morgan fingerprint density at radius 3 is 2.42 bits per heavy atom. The van der Waals surface area contributed by atoms with Gasteiger partial charge in [-0.05, 0) is 24.6 Å². The summed E-state index contributed by atoms with van der Waals surface area (Å²) in [7, 11) is 0. The lowest BCUT2D eigenvalue weighted by molar-refractivity contribution is 0.0996. The van der Waals surface area contributed by atoms with E-state index in [0.29, 0.717) is 0 Å². The molecule has 0 radical (unpaired) electrons. The number of primary amides is 1. The fourth-order valence-electron chi connectivity index (χ4n) is 0.835. The van der Waals surface area contributed by atoms with Crippen LogP contribution in [0.3, 0.4) is 0 Å². The Labute approximate surface area is 68.0 Å². The van der Waals surface area contributed by atoms with Crippen molar-refractivity contribution in [2.24, 2.45) is 5.73 Å². The third-order valence-corrected chi connectivity index (χ3v) is 1.51. The zero-order valence-electron chi connectivity index (χ0n) is 6.40. The summed E-state index contributed by atoms with van der Waals surface area (Å²) in [5.74, 6) is -2.39. The first-order valence-electron chi connectivity index (χ1n) is 3.28. The van der Waals surface area contributed by atoms with Gasteiger partial charge < -0.3 is 5.73 Å². The van der Waals surface area contributed by atoms with Crippen LogP contribution in [0.25, 0.3) is 0 Å². The van der Waals surface area contributed by atoms with E-state index in [9.17, 15) is 13.6 Å². The first-order valence-corrected chi connectivity index (χ1v) is 3.28. The molecular formula is C8H7F2NO. The van der Waals surface area contributed by atoms with Gasteiger partial charge in [0.05, 0.1) is 5.56 Å². The largest absolute Gasteiger partial charge is 0.366 e. The first kappa shape index (κ1) is 8.64. The van der Waals surface area contributed by atoms with E-state index in [1.54, 1.807) is 0 Å². The molecule has 1 aromatic rings. The zero-order chi connectivity index (χ0) is 9.30. The summed E-state index contributed by atoms with van der Waals surface area (Å²) >= 11 is 0. The van der Waals surface area contributed by atoms with Gasteiger partial charge in [0.15, 0.2) is 0 Å². The third kappa shape index (κ3) is 1.42. The van der Waals surface area contributed by atoms with Crippen molar-refractivity contribution in [3.8, 4) is 0 Å². The minimum atomic E-state index is -0.966. The van der Waals surface area contributed by atoms with E-state index >= 15 is 0 Å². The SMILES string of the molecule is Cc1cc(F)c(C(N)=O)cc1F. The highest BCUT2D eigenvalue weighted by Gasteiger charge is 2.10. The molecule has 64 valence electrons. The van der Waals surface area contributed by atoms with Gasteiger partial charge in [-0.2, -0.15) is 0 Å². The molecule has 2 N–H and O–H groups in total. The normalized spacial score (nSPS) is 9.92. The van der Waals surface area contributed by atoms with Gasteiger partial charge >= 0.3 is 0 Å². The number of hydrogen-bond donors (Lipinski definition) is 1. The van der Waals surface area contributed by atoms with Gasteiger partial charge in [-0.25, -0.2) is 8.78 Å². The highest BCUT2D eigenvalue weighted by molar-refractivity contribution is 5.93. The highest BCUT2D eigenvalue weighted by atomic mass is 19.1. The number of aryl methyl sites for hydroxylation is 1. The molecule has 0 saturated heterocycles. The summed E-state index contributed by atoms with van der Waals surface area (Å²) in [5.41, 5.74) is 4.52. The number of benzene rings is 1. The van der Waals surface area contributed by atoms with E-state index in [2.05, 4.69) is 0 Å². The van der Waals surface area contributed by atoms with Gasteiger partial charge in [0.2, 0.25) is 0 Å². The van der Waals surface area contributed by atoms with Crippen LogP contribution in [-0.2, 0) is 0 Å². The Morgan fingerprint density at radius 1 is 1.33 bits per heavy atom. The lowest BCUT2D eigenvalue weighted by Gasteiger charge is -2.00. The van der Waals surface area contributed by atoms with E-state index in [4.69, 9.17) is 5.73 Å². The molecule has 0 saturated carbocycles. The van der Waals surface area contributed by atoms with Crippen molar-refractivity contribution >= 4 is 5.91 Å². The number of carbonyl (C=O) groups excluding carboxylic acids is 1. The van der Waals surface area contributed by atoms with Crippen molar-refractivity contribution in [2.75, 3.05) is 0 Å². The molecule has 0 unspecified atom stereocenters. The van der Waals surface area contributed by atoms with Crippen molar-refractivity contribution in [3.05, 3.63) is 34.9 Å². The van der Waals surface area contributed by atoms with Crippen LogP contribution in [-0.4, -0.2) is 5.91 Å². The first-order chi connectivity index (χ1) is 5.52. The molecule has 0 aliphatic heterocycles. The van der Waals surface area contributed by atoms with Crippen LogP contribution in [0.1, 0.15) is 15.9 Å². The molecule has 0 aliphatic carbocycles. The molecule has 1 amide bonds. The smallest absolute Gasteiger partial charge is 0.251 e. The van der Waals surface area contributed by atoms with Gasteiger partial charge in [-0.3, -0.25) is 4.79 Å². The molecule has 1 aromatic carbocycles. The number of carbonyl (C=O) groups is 1. The average molecular weight is 171 g/mol. The second-order valence-corrected chi connectivity index (χ2v) is 2.45. The molecule has 0 heterocycles. The molecule has 1 rings (SSSR count). The van der Waals surface area contributed by atoms with Gasteiger partial charge in [0.1, 0.15) is 11.6 Å². The van der Waals surface area contributed by atoms with Crippen LogP contribution >= 0.6 is 0 Å². The summed E-state index contributed by atoms with van der Waals surface area (Å²) in [5, 5.41) is 0. The predicted molar refractivity (Wildman–Crippen MR) is 39.6 cm³/mol. The lowest BCUT2D eigenvalue weighted by Crippen LogP contribution is -2.13. The summed E-state index contributed by atoms with van der Waals surface area (Å²) in [6.45, 7) is 1.41. The molecule has 0 atom stereocenters. The van der Waals surface area contributed by atoms with Gasteiger partial charge in [0.25, 0.3) is 5.91 Å². The van der Waals surface area contributed by atoms with Gasteiger partial charge in [-0.1, -0.05) is 0 Å². The van der Waals surface area contributed by atoms with Crippen molar-refractivity contribution < 1.29 is 13.6 Å². The van der Waals surface area contributed by atoms with E-state index in [1.807, 2.05) is 0 Å². The minimum Gasteiger partial charge on any atom is -0.366 e. The average Bonchev–Trinajstić information content (AvgIpc) is 1.96. The van der Waals surface area contributed by atoms with Gasteiger partial charge in [0, 0.05) is 0 Å². The van der Waals surface area contributed by atoms with E-state index in [-0.39, 0.29) is 5.56 Å². The second-order valence-electron chi connectivity index (χ2n) is 2.45. The molecule has 2 nitrogen and oxygen atoms in total. The van der Waals surface area contributed by atoms with Crippen LogP contribution in [0.4, 0.5) is 8.78 Å². The Bertz CT molecular complexity index is 336. The molecule has 0 spiro atoms. The minimum absolute atomic E-state index is 0.150. The van der Waals surface area contributed by atoms with Crippen LogP contribution < -0.4 is 5.73 Å². The number of amides is 1. The number of rotatable bonds is 1. The lowest BCUT2D eigenvalue weighted by atomic mass is 10.1. The number of hydrogen-bond acceptors (Lipinski definition) is 1. The number of halogens is 2. The molecule has 0 bridgehead atoms. The van der Waals surface area contributed by atoms with Crippen LogP contribution in [0.15, 0.2) is 12.1 Å². The van der Waals surface area contributed by atoms with E-state index < -0.39 is 23.1 Å². The maximum absolute atomic E-state index is 12.8. The molecule has 12 heavy (non-hydrogen) atoms. The van der Waals surface area contributed by atoms with Crippen LogP contribution in [0.2, 0.25) is 0 Å². The summed E-state index contributed by atoms with van der Waals surface area (Å²) in [6, 6.07) is 1.74. The Kier molecular flexibility index (Phi) is 2.08. The standard InChI is InChI=1S/C8H7F2NO/c1-4-2-7(10)5(8(11)12)3-6(4)9/h2-3H,1H3,(H2,11,12). The molecule has 0 fully saturated rings. The summed E-state index contributed by atoms with van der Waals surface area (Å²) in [6.07, 6.45) is 0. The van der Waals surface area contributed by atoms with Crippen molar-refractivity contribution in [2.45, 2.75) is 6.92 Å². The van der Waals surface area contributed by atoms with Crippen molar-refractivity contribution in [1.82, 2.24) is 0 Å². The topological polar surface area (TPSA) is 43.1 Å². The monoisotopic (exact) mass is 171 g/mol. The maximum atomic E-state index is 12.8. The van der Waals surface area contributed by atoms with Crippen molar-refractivity contribution in [1.29, 1.82) is 0 Å². The maximum Gasteiger partial charge on any atom is 0.251 e. The van der Waals surface area contributed by atoms with E-state index in [0.717, 1.165) is 12.1 Å². The Hall–Kier alpha value is -1.45. The summed E-state index contributed by atoms with van der Waals surface area (Å²) in [4.78, 5) is 10.5. The van der Waals surface area contributed by atoms with E-state index in [1.165, 1.54) is 6.92 Å². The highest BCUT2D eigenvalue weighted by Crippen LogP contribution is 2.13. The molecular weight excluding hydrogens is 164 g/mol. The Balaban J connectivity index is 3.33. The summed E-state index contributed by atoms with van der Waals surface area (Å²) < 4.78 is 25.6. The number of nitrogens with two attached hydrogens (primary N) is 1. The van der Waals surface area contributed by atoms with Gasteiger partial charge in [-0.15, -0.1) is 0 Å². The third-order valence-electron chi connectivity index (χ3n) is 1.51. The quantitative estimate of drug-likeness (QED) is 0.681. The van der Waals surface area contributed by atoms with Crippen LogP contribution in [0, 0.1) is 18.6 Å². The molecule has 4 heteroatoms.